The summed E-state index contributed by atoms with van der Waals surface area (Å²) in [4.78, 5) is 0. The number of aryl methyl sites for hydroxylation is 8. The van der Waals surface area contributed by atoms with Gasteiger partial charge in [0.25, 0.3) is 0 Å². The van der Waals surface area contributed by atoms with E-state index in [1.165, 1.54) is 78.6 Å². The zero-order valence-corrected chi connectivity index (χ0v) is 30.7. The first-order chi connectivity index (χ1) is 20.3. The molecule has 2 heteroatoms. The van der Waals surface area contributed by atoms with Gasteiger partial charge in [-0.3, -0.25) is 0 Å². The third kappa shape index (κ3) is 7.35. The first kappa shape index (κ1) is 33.6. The monoisotopic (exact) mass is 608 g/mol. The van der Waals surface area contributed by atoms with Crippen LogP contribution in [0.25, 0.3) is 0 Å². The molecule has 228 valence electrons. The largest absolute Gasteiger partial charge is 0.0648 e. The first-order valence-corrected chi connectivity index (χ1v) is 19.0. The fraction of sp³-hybridized carbons (Fsp3) is 0.415. The first-order valence-electron chi connectivity index (χ1n) is 16.2. The Kier molecular flexibility index (Phi) is 10.8. The summed E-state index contributed by atoms with van der Waals surface area (Å²) in [5.74, 6) is 0. The van der Waals surface area contributed by atoms with Crippen molar-refractivity contribution in [3.63, 3.8) is 0 Å². The second kappa shape index (κ2) is 13.8. The number of hydrogen-bond acceptors (Lipinski definition) is 0. The second-order valence-electron chi connectivity index (χ2n) is 13.4. The molecule has 0 aliphatic rings. The molecular formula is C41H54P2. The van der Waals surface area contributed by atoms with Gasteiger partial charge in [-0.05, 0) is 122 Å². The number of benzene rings is 4. The topological polar surface area (TPSA) is 0 Å². The van der Waals surface area contributed by atoms with Crippen molar-refractivity contribution in [2.45, 2.75) is 107 Å². The van der Waals surface area contributed by atoms with E-state index >= 15 is 0 Å². The van der Waals surface area contributed by atoms with Crippen LogP contribution in [-0.4, -0.2) is 11.3 Å². The van der Waals surface area contributed by atoms with Crippen LogP contribution in [-0.2, 0) is 0 Å². The Morgan fingerprint density at radius 2 is 0.581 bits per heavy atom. The van der Waals surface area contributed by atoms with Crippen LogP contribution in [0.2, 0.25) is 0 Å². The van der Waals surface area contributed by atoms with Crippen LogP contribution in [0.1, 0.15) is 85.0 Å². The molecule has 43 heavy (non-hydrogen) atoms. The molecule has 0 aliphatic carbocycles. The third-order valence-electron chi connectivity index (χ3n) is 9.69. The Hall–Kier alpha value is -2.26. The molecule has 0 saturated heterocycles. The highest BCUT2D eigenvalue weighted by Gasteiger charge is 2.46. The van der Waals surface area contributed by atoms with Crippen molar-refractivity contribution in [3.8, 4) is 0 Å². The molecule has 0 heterocycles. The lowest BCUT2D eigenvalue weighted by molar-refractivity contribution is 0.255. The molecule has 0 radical (unpaired) electrons. The zero-order chi connectivity index (χ0) is 31.6. The SMILES string of the molecule is CCC(CC)(C(C)P(c1cc(C)cc(C)c1)c1cc(C)cc(C)c1)C(C)P(c1cc(C)cc(C)c1)c1cc(C)cc(C)c1. The van der Waals surface area contributed by atoms with E-state index in [2.05, 4.69) is 156 Å². The van der Waals surface area contributed by atoms with Crippen LogP contribution in [0, 0.1) is 60.8 Å². The Morgan fingerprint density at radius 3 is 0.744 bits per heavy atom. The van der Waals surface area contributed by atoms with Gasteiger partial charge in [0.2, 0.25) is 0 Å². The second-order valence-corrected chi connectivity index (χ2v) is 18.5. The van der Waals surface area contributed by atoms with Crippen LogP contribution in [0.4, 0.5) is 0 Å². The molecule has 0 spiro atoms. The molecule has 2 atom stereocenters. The van der Waals surface area contributed by atoms with Crippen LogP contribution in [0.5, 0.6) is 0 Å². The molecular weight excluding hydrogens is 554 g/mol. The highest BCUT2D eigenvalue weighted by Crippen LogP contribution is 2.59. The van der Waals surface area contributed by atoms with Gasteiger partial charge in [-0.25, -0.2) is 0 Å². The van der Waals surface area contributed by atoms with Crippen LogP contribution >= 0.6 is 15.8 Å². The predicted octanol–water partition coefficient (Wildman–Crippen LogP) is 10.3. The molecule has 0 aromatic heterocycles. The molecule has 0 saturated carbocycles. The summed E-state index contributed by atoms with van der Waals surface area (Å²) in [6.45, 7) is 28.3. The van der Waals surface area contributed by atoms with E-state index in [0.29, 0.717) is 11.3 Å². The van der Waals surface area contributed by atoms with E-state index in [-0.39, 0.29) is 5.41 Å². The van der Waals surface area contributed by atoms with Crippen molar-refractivity contribution < 1.29 is 0 Å². The van der Waals surface area contributed by atoms with Gasteiger partial charge in [0.1, 0.15) is 0 Å². The smallest absolute Gasteiger partial charge is 0.00946 e. The quantitative estimate of drug-likeness (QED) is 0.157. The fourth-order valence-corrected chi connectivity index (χ4v) is 15.3. The minimum Gasteiger partial charge on any atom is -0.0648 e. The van der Waals surface area contributed by atoms with Crippen molar-refractivity contribution >= 4 is 37.1 Å². The summed E-state index contributed by atoms with van der Waals surface area (Å²) >= 11 is 0. The van der Waals surface area contributed by atoms with Crippen molar-refractivity contribution in [2.75, 3.05) is 0 Å². The summed E-state index contributed by atoms with van der Waals surface area (Å²) in [5.41, 5.74) is 12.2. The van der Waals surface area contributed by atoms with Gasteiger partial charge in [-0.15, -0.1) is 0 Å². The van der Waals surface area contributed by atoms with Crippen molar-refractivity contribution in [2.24, 2.45) is 5.41 Å². The molecule has 0 fully saturated rings. The average molecular weight is 609 g/mol. The molecule has 0 nitrogen and oxygen atoms in total. The molecule has 0 aliphatic heterocycles. The van der Waals surface area contributed by atoms with E-state index in [1.807, 2.05) is 0 Å². The van der Waals surface area contributed by atoms with Crippen molar-refractivity contribution in [3.05, 3.63) is 117 Å². The van der Waals surface area contributed by atoms with E-state index in [1.54, 1.807) is 0 Å². The minimum absolute atomic E-state index is 0.169. The van der Waals surface area contributed by atoms with Crippen LogP contribution < -0.4 is 21.2 Å². The van der Waals surface area contributed by atoms with Gasteiger partial charge in [0.05, 0.1) is 0 Å². The highest BCUT2D eigenvalue weighted by molar-refractivity contribution is 7.74. The van der Waals surface area contributed by atoms with Gasteiger partial charge in [-0.2, -0.15) is 0 Å². The van der Waals surface area contributed by atoms with Crippen molar-refractivity contribution in [1.29, 1.82) is 0 Å². The Labute approximate surface area is 266 Å². The van der Waals surface area contributed by atoms with Gasteiger partial charge in [0.15, 0.2) is 0 Å². The molecule has 2 unspecified atom stereocenters. The lowest BCUT2D eigenvalue weighted by atomic mass is 9.76. The Bertz CT molecular complexity index is 1280. The standard InChI is InChI=1S/C41H54P2/c1-13-41(14-2,35(11)42(37-19-27(3)15-28(4)20-37)38-21-29(5)16-30(6)22-38)36(12)43(39-23-31(7)17-32(8)24-39)40-25-33(9)18-34(10)26-40/h15-26,35-36H,13-14H2,1-12H3. The Morgan fingerprint density at radius 1 is 0.395 bits per heavy atom. The lowest BCUT2D eigenvalue weighted by Crippen LogP contribution is -2.45. The molecule has 4 aromatic rings. The fourth-order valence-electron chi connectivity index (χ4n) is 7.85. The van der Waals surface area contributed by atoms with Crippen molar-refractivity contribution in [1.82, 2.24) is 0 Å². The van der Waals surface area contributed by atoms with Crippen LogP contribution in [0.3, 0.4) is 0 Å². The molecule has 4 rings (SSSR count). The number of hydrogen-bond donors (Lipinski definition) is 0. The maximum Gasteiger partial charge on any atom is -0.00946 e. The van der Waals surface area contributed by atoms with Gasteiger partial charge in [0, 0.05) is 0 Å². The highest BCUT2D eigenvalue weighted by atomic mass is 31.1. The lowest BCUT2D eigenvalue weighted by Gasteiger charge is -2.49. The third-order valence-corrected chi connectivity index (χ3v) is 15.5. The van der Waals surface area contributed by atoms with E-state index < -0.39 is 15.8 Å². The summed E-state index contributed by atoms with van der Waals surface area (Å²) in [6.07, 6.45) is 2.35. The summed E-state index contributed by atoms with van der Waals surface area (Å²) in [6, 6.07) is 29.2. The van der Waals surface area contributed by atoms with E-state index in [9.17, 15) is 0 Å². The molecule has 4 aromatic carbocycles. The van der Waals surface area contributed by atoms with E-state index in [0.717, 1.165) is 0 Å². The summed E-state index contributed by atoms with van der Waals surface area (Å²) in [5, 5.41) is 6.13. The summed E-state index contributed by atoms with van der Waals surface area (Å²) < 4.78 is 0. The zero-order valence-electron chi connectivity index (χ0n) is 28.9. The molecule has 0 N–H and O–H groups in total. The van der Waals surface area contributed by atoms with Gasteiger partial charge < -0.3 is 0 Å². The summed E-state index contributed by atoms with van der Waals surface area (Å²) in [7, 11) is -1.17. The minimum atomic E-state index is -0.586. The van der Waals surface area contributed by atoms with Crippen LogP contribution in [0.15, 0.2) is 72.8 Å². The maximum absolute atomic E-state index is 2.61. The molecule has 0 bridgehead atoms. The van der Waals surface area contributed by atoms with Gasteiger partial charge in [-0.1, -0.05) is 145 Å². The van der Waals surface area contributed by atoms with E-state index in [4.69, 9.17) is 0 Å². The maximum atomic E-state index is 2.61. The normalized spacial score (nSPS) is 13.5. The number of rotatable bonds is 10. The van der Waals surface area contributed by atoms with Gasteiger partial charge >= 0.3 is 0 Å². The Balaban J connectivity index is 1.98. The average Bonchev–Trinajstić information content (AvgIpc) is 2.88. The predicted molar refractivity (Wildman–Crippen MR) is 198 cm³/mol. The molecule has 0 amide bonds.